The molecule has 700 valence electrons. The molecule has 18 nitrogen and oxygen atoms in total. The summed E-state index contributed by atoms with van der Waals surface area (Å²) in [6, 6.07) is 36.2. The van der Waals surface area contributed by atoms with Crippen molar-refractivity contribution < 1.29 is 76.8 Å². The molecule has 3 fully saturated rings. The predicted molar refractivity (Wildman–Crippen MR) is 497 cm³/mol. The average Bonchev–Trinajstić information content (AvgIpc) is 0.777. The molecule has 3 aliphatic heterocycles. The fourth-order valence-corrected chi connectivity index (χ4v) is 17.6. The lowest BCUT2D eigenvalue weighted by Gasteiger charge is -2.48. The number of hydrogen-bond donors (Lipinski definition) is 4. The molecule has 14 atom stereocenters. The quantitative estimate of drug-likeness (QED) is 0.0238. The Balaban J connectivity index is 1.13. The topological polar surface area (TPSA) is 225 Å². The first-order valence-corrected chi connectivity index (χ1v) is 50.2. The highest BCUT2D eigenvalue weighted by molar-refractivity contribution is 5.78. The smallest absolute Gasteiger partial charge is 0.308 e. The second-order valence-corrected chi connectivity index (χ2v) is 37.2. The zero-order valence-electron chi connectivity index (χ0n) is 78.0. The van der Waals surface area contributed by atoms with Gasteiger partial charge in [0.25, 0.3) is 0 Å². The van der Waals surface area contributed by atoms with Gasteiger partial charge in [0.05, 0.1) is 64.5 Å². The first-order valence-electron chi connectivity index (χ1n) is 50.2. The van der Waals surface area contributed by atoms with Gasteiger partial charge in [0.2, 0.25) is 11.8 Å². The van der Waals surface area contributed by atoms with Gasteiger partial charge in [0, 0.05) is 12.0 Å². The van der Waals surface area contributed by atoms with Gasteiger partial charge in [-0.3, -0.25) is 19.2 Å². The minimum atomic E-state index is -1.80. The molecule has 3 saturated heterocycles. The number of aliphatic hydroxyl groups excluding tert-OH is 2. The minimum Gasteiger partial charge on any atom is -0.462 e. The number of fused-ring (bicyclic) bond motifs is 1. The summed E-state index contributed by atoms with van der Waals surface area (Å²) in [5, 5.41) is 31.8. The van der Waals surface area contributed by atoms with Crippen molar-refractivity contribution >= 4 is 23.8 Å². The number of carbonyl (C=O) groups is 4. The monoisotopic (exact) mass is 1730 g/mol. The number of aliphatic hydroxyl groups is 2. The molecular formula is C106H170N2O16. The maximum atomic E-state index is 15.3. The lowest BCUT2D eigenvalue weighted by atomic mass is 9.94. The van der Waals surface area contributed by atoms with E-state index in [9.17, 15) is 15.0 Å². The van der Waals surface area contributed by atoms with Gasteiger partial charge >= 0.3 is 11.9 Å². The normalized spacial score (nSPS) is 21.0. The van der Waals surface area contributed by atoms with Gasteiger partial charge in [-0.05, 0) is 60.6 Å². The van der Waals surface area contributed by atoms with Crippen LogP contribution in [0.3, 0.4) is 0 Å². The van der Waals surface area contributed by atoms with Crippen LogP contribution in [-0.4, -0.2) is 127 Å². The summed E-state index contributed by atoms with van der Waals surface area (Å²) in [6.07, 6.45) is 39.9. The first kappa shape index (κ1) is 105. The van der Waals surface area contributed by atoms with Crippen molar-refractivity contribution in [3.8, 4) is 0 Å². The summed E-state index contributed by atoms with van der Waals surface area (Å²) in [5.41, 5.74) is 3.47. The van der Waals surface area contributed by atoms with E-state index in [4.69, 9.17) is 47.4 Å². The third-order valence-electron chi connectivity index (χ3n) is 25.1. The Bertz CT molecular complexity index is 3280. The molecule has 4 aromatic carbocycles. The van der Waals surface area contributed by atoms with Gasteiger partial charge in [0.15, 0.2) is 25.0 Å². The van der Waals surface area contributed by atoms with E-state index >= 15 is 14.4 Å². The van der Waals surface area contributed by atoms with Crippen LogP contribution in [0.25, 0.3) is 0 Å². The van der Waals surface area contributed by atoms with Crippen molar-refractivity contribution in [2.75, 3.05) is 13.2 Å². The number of esters is 2. The van der Waals surface area contributed by atoms with E-state index in [1.165, 1.54) is 180 Å². The van der Waals surface area contributed by atoms with Gasteiger partial charge in [-0.25, -0.2) is 0 Å². The predicted octanol–water partition coefficient (Wildman–Crippen LogP) is 24.7. The van der Waals surface area contributed by atoms with E-state index in [1.54, 1.807) is 0 Å². The van der Waals surface area contributed by atoms with Gasteiger partial charge in [-0.2, -0.15) is 0 Å². The molecule has 3 aliphatic rings. The first-order chi connectivity index (χ1) is 60.7. The van der Waals surface area contributed by atoms with Gasteiger partial charge < -0.3 is 68.2 Å². The van der Waals surface area contributed by atoms with Crippen LogP contribution < -0.4 is 10.6 Å². The van der Waals surface area contributed by atoms with Crippen molar-refractivity contribution in [3.05, 3.63) is 144 Å². The standard InChI is InChI=1S/C106H170N2O16/c1-7-9-11-13-15-17-19-20-22-30-36-42-60-74-96(111)120-91(73-59-41-35-29-24-26-32-38-48-62-84(5)6)76-95(110)107-98-100(113)101-92(81-118-105(124-101)88-69-55-46-56-70-88)122-106(98)119-82-93-102(117-80-87-67-53-45-54-68-87)103(123-97(112)77-90(116-79-86-65-51-44-52-66-86)72-58-40-34-27-21-18-16-14-12-10-8-2)99(104(114)121-93)108-94(109)75-89(115-78-85-63-49-43-50-64-85)71-57-39-33-28-23-25-31-37-47-61-83(3)4/h43-46,49-56,63-70,83-84,89-93,98-106,113-114H,7-42,47-48,57-62,71-82H2,1-6H3,(H,107,110)(H,108,109)/t89-,90-,91-,92-,93-,98-,99-,100-,101-,102-,103-,104+,105?,106-/m1/s1. The number of carbonyl (C=O) groups excluding carboxylic acids is 4. The van der Waals surface area contributed by atoms with Crippen molar-refractivity contribution in [1.82, 2.24) is 10.6 Å². The molecule has 0 bridgehead atoms. The Hall–Kier alpha value is -5.64. The number of amides is 2. The lowest BCUT2D eigenvalue weighted by Crippen LogP contribution is -2.68. The van der Waals surface area contributed by atoms with Crippen LogP contribution in [0.5, 0.6) is 0 Å². The number of unbranched alkanes of at least 4 members (excludes halogenated alkanes) is 38. The van der Waals surface area contributed by atoms with Crippen molar-refractivity contribution in [1.29, 1.82) is 0 Å². The molecule has 0 spiro atoms. The second-order valence-electron chi connectivity index (χ2n) is 37.2. The average molecular weight is 1730 g/mol. The minimum absolute atomic E-state index is 0.00625. The third kappa shape index (κ3) is 46.1. The van der Waals surface area contributed by atoms with Gasteiger partial charge in [-0.1, -0.05) is 433 Å². The van der Waals surface area contributed by atoms with Gasteiger partial charge in [0.1, 0.15) is 48.7 Å². The summed E-state index contributed by atoms with van der Waals surface area (Å²) in [4.78, 5) is 59.3. The Morgan fingerprint density at radius 2 is 0.774 bits per heavy atom. The molecule has 0 aromatic heterocycles. The molecule has 4 aromatic rings. The van der Waals surface area contributed by atoms with E-state index < -0.39 is 110 Å². The lowest BCUT2D eigenvalue weighted by molar-refractivity contribution is -0.350. The third-order valence-corrected chi connectivity index (χ3v) is 25.1. The molecule has 0 radical (unpaired) electrons. The van der Waals surface area contributed by atoms with Crippen LogP contribution in [-0.2, 0) is 86.4 Å². The molecule has 18 heteroatoms. The Labute approximate surface area is 750 Å². The molecule has 1 unspecified atom stereocenters. The van der Waals surface area contributed by atoms with Crippen LogP contribution in [0, 0.1) is 11.8 Å². The zero-order valence-corrected chi connectivity index (χ0v) is 78.0. The van der Waals surface area contributed by atoms with Crippen molar-refractivity contribution in [2.24, 2.45) is 11.8 Å². The molecule has 3 heterocycles. The van der Waals surface area contributed by atoms with E-state index in [0.717, 1.165) is 130 Å². The second kappa shape index (κ2) is 66.7. The molecule has 0 saturated carbocycles. The van der Waals surface area contributed by atoms with Crippen LogP contribution in [0.2, 0.25) is 0 Å². The molecule has 0 aliphatic carbocycles. The Morgan fingerprint density at radius 3 is 1.22 bits per heavy atom. The number of nitrogens with one attached hydrogen (secondary N) is 2. The fourth-order valence-electron chi connectivity index (χ4n) is 17.6. The highest BCUT2D eigenvalue weighted by Crippen LogP contribution is 2.37. The zero-order chi connectivity index (χ0) is 88.1. The molecule has 7 rings (SSSR count). The maximum absolute atomic E-state index is 15.3. The van der Waals surface area contributed by atoms with E-state index in [0.29, 0.717) is 32.3 Å². The van der Waals surface area contributed by atoms with Crippen molar-refractivity contribution in [3.63, 3.8) is 0 Å². The molecule has 2 amide bonds. The van der Waals surface area contributed by atoms with E-state index in [-0.39, 0.29) is 51.5 Å². The molecule has 4 N–H and O–H groups in total. The molecule has 124 heavy (non-hydrogen) atoms. The van der Waals surface area contributed by atoms with Crippen LogP contribution in [0.4, 0.5) is 0 Å². The van der Waals surface area contributed by atoms with Crippen molar-refractivity contribution in [2.45, 2.75) is 475 Å². The Morgan fingerprint density at radius 1 is 0.395 bits per heavy atom. The van der Waals surface area contributed by atoms with Crippen LogP contribution in [0.1, 0.15) is 398 Å². The Kier molecular flexibility index (Phi) is 56.7. The maximum Gasteiger partial charge on any atom is 0.308 e. The van der Waals surface area contributed by atoms with Gasteiger partial charge in [-0.15, -0.1) is 0 Å². The number of rotatable bonds is 73. The highest BCUT2D eigenvalue weighted by atomic mass is 16.8. The summed E-state index contributed by atoms with van der Waals surface area (Å²) >= 11 is 0. The summed E-state index contributed by atoms with van der Waals surface area (Å²) in [7, 11) is 0. The largest absolute Gasteiger partial charge is 0.462 e. The highest BCUT2D eigenvalue weighted by Gasteiger charge is 2.53. The van der Waals surface area contributed by atoms with E-state index in [2.05, 4.69) is 52.2 Å². The number of benzene rings is 4. The summed E-state index contributed by atoms with van der Waals surface area (Å²) in [6.45, 7) is 13.8. The van der Waals surface area contributed by atoms with E-state index in [1.807, 2.05) is 121 Å². The fraction of sp³-hybridized carbons (Fsp3) is 0.736. The number of hydrogen-bond acceptors (Lipinski definition) is 16. The van der Waals surface area contributed by atoms with Crippen LogP contribution in [0.15, 0.2) is 121 Å². The molecular weight excluding hydrogens is 1560 g/mol. The van der Waals surface area contributed by atoms with Crippen LogP contribution >= 0.6 is 0 Å². The number of ether oxygens (including phenoxy) is 10. The summed E-state index contributed by atoms with van der Waals surface area (Å²) < 4.78 is 66.6. The SMILES string of the molecule is CCCCCCCCCCCCCCCC(=O)O[C@H](CCCCCCCCCCCC(C)C)CC(=O)N[C@H]1[C@H](OC[C@H]2O[C@H](O)[C@H](NC(=O)C[C@@H](CCCCCCCCCCCC(C)C)OCc3ccccc3)[C@@H](OC(=O)C[C@@H](CCCCCCCCCCCCC)OCc3ccccc3)[C@@H]2OCc2ccccc2)O[C@@H]2COC(c3ccccc3)O[C@H]2[C@@H]1O. The summed E-state index contributed by atoms with van der Waals surface area (Å²) in [5.74, 6) is -0.405.